The molecule has 0 saturated carbocycles. The molecule has 0 saturated heterocycles. The summed E-state index contributed by atoms with van der Waals surface area (Å²) in [6, 6.07) is 2.34. The Bertz CT molecular complexity index is 897. The van der Waals surface area contributed by atoms with Crippen LogP contribution >= 0.6 is 15.9 Å². The molecule has 0 spiro atoms. The molecule has 0 amide bonds. The molecule has 2 rings (SSSR count). The van der Waals surface area contributed by atoms with Gasteiger partial charge in [0.2, 0.25) is 12.4 Å². The van der Waals surface area contributed by atoms with Crippen LogP contribution in [-0.2, 0) is 0 Å². The maximum absolute atomic E-state index is 11.0. The third kappa shape index (κ3) is 13.2. The third-order valence-electron chi connectivity index (χ3n) is 3.95. The van der Waals surface area contributed by atoms with E-state index in [1.807, 2.05) is 0 Å². The minimum absolute atomic E-state index is 0.0733. The van der Waals surface area contributed by atoms with E-state index in [4.69, 9.17) is 5.73 Å². The molecule has 12 nitrogen and oxygen atoms in total. The summed E-state index contributed by atoms with van der Waals surface area (Å²) in [7, 11) is 0. The summed E-state index contributed by atoms with van der Waals surface area (Å²) in [5.74, 6) is 1.28. The molecule has 0 fully saturated rings. The molecule has 0 aliphatic rings. The van der Waals surface area contributed by atoms with Gasteiger partial charge in [0.25, 0.3) is 5.69 Å². The molecule has 0 aliphatic heterocycles. The second kappa shape index (κ2) is 15.7. The van der Waals surface area contributed by atoms with Crippen LogP contribution in [0.2, 0.25) is 0 Å². The number of aromatic nitrogens is 2. The van der Waals surface area contributed by atoms with Gasteiger partial charge in [-0.3, -0.25) is 20.2 Å². The van der Waals surface area contributed by atoms with Crippen LogP contribution < -0.4 is 20.5 Å². The summed E-state index contributed by atoms with van der Waals surface area (Å²) in [5.41, 5.74) is 5.31. The Kier molecular flexibility index (Phi) is 14.2. The normalized spacial score (nSPS) is 10.1. The number of nitro groups is 2. The molecule has 0 unspecified atom stereocenters. The molecule has 184 valence electrons. The quantitative estimate of drug-likeness (QED) is 0.224. The number of rotatable bonds is 8. The van der Waals surface area contributed by atoms with Crippen molar-refractivity contribution in [2.24, 2.45) is 17.6 Å². The topological polar surface area (TPSA) is 178 Å². The monoisotopic (exact) mass is 530 g/mol. The van der Waals surface area contributed by atoms with Crippen LogP contribution in [0.1, 0.15) is 40.5 Å². The van der Waals surface area contributed by atoms with Gasteiger partial charge in [-0.1, -0.05) is 27.7 Å². The maximum atomic E-state index is 11.0. The highest BCUT2D eigenvalue weighted by atomic mass is 79.9. The SMILES string of the molecule is CC(C)CCN.CC(C)CCNc1c[n+]([O-])ccc1[N+](=O)[O-].O=[N+]([O-])c1cc[n+]([O-])cc1Br. The van der Waals surface area contributed by atoms with Gasteiger partial charge in [-0.2, -0.15) is 9.46 Å². The number of nitrogens with zero attached hydrogens (tertiary/aromatic N) is 4. The van der Waals surface area contributed by atoms with Crippen molar-refractivity contribution in [3.63, 3.8) is 0 Å². The lowest BCUT2D eigenvalue weighted by molar-refractivity contribution is -0.606. The zero-order chi connectivity index (χ0) is 25.6. The van der Waals surface area contributed by atoms with Crippen molar-refractivity contribution < 1.29 is 19.3 Å². The standard InChI is InChI=1S/C10H15N3O3.C5H3BrN2O3.C5H13N/c1-8(2)3-5-11-9-7-12(14)6-4-10(9)13(15)16;6-4-3-7(9)2-1-5(4)8(10)11;1-5(2)3-4-6/h4,6-8,11H,3,5H2,1-2H3;1-3H;5H,3-4,6H2,1-2H3. The summed E-state index contributed by atoms with van der Waals surface area (Å²) in [6.07, 6.45) is 6.50. The highest BCUT2D eigenvalue weighted by molar-refractivity contribution is 9.10. The van der Waals surface area contributed by atoms with Gasteiger partial charge in [0.15, 0.2) is 22.6 Å². The second-order valence-electron chi connectivity index (χ2n) is 7.74. The van der Waals surface area contributed by atoms with Crippen LogP contribution in [0, 0.1) is 42.5 Å². The molecule has 33 heavy (non-hydrogen) atoms. The lowest BCUT2D eigenvalue weighted by Gasteiger charge is -2.07. The minimum atomic E-state index is -0.565. The highest BCUT2D eigenvalue weighted by Gasteiger charge is 2.16. The summed E-state index contributed by atoms with van der Waals surface area (Å²) in [4.78, 5) is 19.8. The molecule has 0 bridgehead atoms. The Hall–Kier alpha value is -3.06. The Morgan fingerprint density at radius 2 is 1.42 bits per heavy atom. The molecule has 2 aromatic heterocycles. The van der Waals surface area contributed by atoms with Crippen molar-refractivity contribution in [3.8, 4) is 0 Å². The van der Waals surface area contributed by atoms with E-state index in [2.05, 4.69) is 48.9 Å². The van der Waals surface area contributed by atoms with E-state index < -0.39 is 9.85 Å². The summed E-state index contributed by atoms with van der Waals surface area (Å²) < 4.78 is 1.21. The lowest BCUT2D eigenvalue weighted by Crippen LogP contribution is -2.25. The lowest BCUT2D eigenvalue weighted by atomic mass is 10.1. The van der Waals surface area contributed by atoms with E-state index in [1.54, 1.807) is 0 Å². The largest absolute Gasteiger partial charge is 0.619 e. The summed E-state index contributed by atoms with van der Waals surface area (Å²) >= 11 is 2.89. The van der Waals surface area contributed by atoms with E-state index in [0.29, 0.717) is 21.9 Å². The zero-order valence-electron chi connectivity index (χ0n) is 19.1. The average molecular weight is 531 g/mol. The number of hydrogen-bond donors (Lipinski definition) is 2. The van der Waals surface area contributed by atoms with Gasteiger partial charge in [-0.05, 0) is 47.2 Å². The number of nitrogens with one attached hydrogen (secondary N) is 1. The first-order valence-electron chi connectivity index (χ1n) is 10.2. The fourth-order valence-electron chi connectivity index (χ4n) is 2.19. The smallest absolute Gasteiger partial charge is 0.304 e. The third-order valence-corrected chi connectivity index (χ3v) is 4.56. The number of anilines is 1. The predicted octanol–water partition coefficient (Wildman–Crippen LogP) is 3.67. The van der Waals surface area contributed by atoms with E-state index in [9.17, 15) is 30.6 Å². The molecular weight excluding hydrogens is 500 g/mol. The first kappa shape index (κ1) is 29.9. The molecule has 0 aromatic carbocycles. The first-order valence-corrected chi connectivity index (χ1v) is 11.0. The first-order chi connectivity index (χ1) is 15.4. The van der Waals surface area contributed by atoms with Gasteiger partial charge in [0.1, 0.15) is 0 Å². The van der Waals surface area contributed by atoms with E-state index in [0.717, 1.165) is 50.0 Å². The fraction of sp³-hybridized carbons (Fsp3) is 0.500. The Morgan fingerprint density at radius 1 is 0.939 bits per heavy atom. The van der Waals surface area contributed by atoms with Crippen LogP contribution in [0.4, 0.5) is 17.1 Å². The summed E-state index contributed by atoms with van der Waals surface area (Å²) in [6.45, 7) is 9.92. The van der Waals surface area contributed by atoms with Crippen molar-refractivity contribution in [2.75, 3.05) is 18.4 Å². The van der Waals surface area contributed by atoms with Crippen LogP contribution in [0.3, 0.4) is 0 Å². The Morgan fingerprint density at radius 3 is 1.82 bits per heavy atom. The van der Waals surface area contributed by atoms with Crippen LogP contribution in [0.5, 0.6) is 0 Å². The number of halogens is 1. The van der Waals surface area contributed by atoms with Crippen LogP contribution in [0.15, 0.2) is 41.4 Å². The van der Waals surface area contributed by atoms with E-state index >= 15 is 0 Å². The minimum Gasteiger partial charge on any atom is -0.619 e. The van der Waals surface area contributed by atoms with Crippen LogP contribution in [-0.4, -0.2) is 22.9 Å². The number of pyridine rings is 2. The highest BCUT2D eigenvalue weighted by Crippen LogP contribution is 2.22. The van der Waals surface area contributed by atoms with Crippen molar-refractivity contribution in [1.82, 2.24) is 0 Å². The number of nitrogens with two attached hydrogens (primary N) is 1. The Balaban J connectivity index is 0.000000520. The van der Waals surface area contributed by atoms with Gasteiger partial charge >= 0.3 is 5.69 Å². The van der Waals surface area contributed by atoms with Crippen molar-refractivity contribution in [2.45, 2.75) is 40.5 Å². The Labute approximate surface area is 201 Å². The molecule has 0 radical (unpaired) electrons. The zero-order valence-corrected chi connectivity index (χ0v) is 20.7. The second-order valence-corrected chi connectivity index (χ2v) is 8.59. The molecule has 13 heteroatoms. The maximum Gasteiger partial charge on any atom is 0.304 e. The molecule has 0 atom stereocenters. The van der Waals surface area contributed by atoms with Gasteiger partial charge < -0.3 is 21.5 Å². The molecular formula is C20H31BrN6O6. The van der Waals surface area contributed by atoms with Gasteiger partial charge in [0, 0.05) is 6.54 Å². The van der Waals surface area contributed by atoms with Crippen molar-refractivity contribution >= 4 is 33.0 Å². The summed E-state index contributed by atoms with van der Waals surface area (Å²) in [5, 5.41) is 45.3. The molecule has 2 aromatic rings. The van der Waals surface area contributed by atoms with Gasteiger partial charge in [-0.25, -0.2) is 0 Å². The van der Waals surface area contributed by atoms with E-state index in [1.165, 1.54) is 12.3 Å². The van der Waals surface area contributed by atoms with Gasteiger partial charge in [-0.15, -0.1) is 0 Å². The van der Waals surface area contributed by atoms with Crippen LogP contribution in [0.25, 0.3) is 0 Å². The molecule has 3 N–H and O–H groups in total. The fourth-order valence-corrected chi connectivity index (χ4v) is 2.67. The number of hydrogen-bond acceptors (Lipinski definition) is 8. The molecule has 2 heterocycles. The predicted molar refractivity (Wildman–Crippen MR) is 128 cm³/mol. The van der Waals surface area contributed by atoms with E-state index in [-0.39, 0.29) is 21.5 Å². The van der Waals surface area contributed by atoms with Crippen molar-refractivity contribution in [1.29, 1.82) is 0 Å². The van der Waals surface area contributed by atoms with Gasteiger partial charge in [0.05, 0.1) is 22.0 Å². The average Bonchev–Trinajstić information content (AvgIpc) is 2.68. The molecule has 0 aliphatic carbocycles. The van der Waals surface area contributed by atoms with Crippen molar-refractivity contribution in [3.05, 3.63) is 72.0 Å².